The van der Waals surface area contributed by atoms with Crippen molar-refractivity contribution in [3.63, 3.8) is 0 Å². The molecule has 0 radical (unpaired) electrons. The van der Waals surface area contributed by atoms with Crippen molar-refractivity contribution < 1.29 is 4.39 Å². The monoisotopic (exact) mass is 263 g/mol. The Morgan fingerprint density at radius 1 is 1.16 bits per heavy atom. The number of amidine groups is 1. The van der Waals surface area contributed by atoms with Gasteiger partial charge in [0.1, 0.15) is 11.7 Å². The minimum atomic E-state index is -0.332. The smallest absolute Gasteiger partial charge is 0.123 e. The molecule has 1 heterocycles. The lowest BCUT2D eigenvalue weighted by atomic mass is 10.0. The summed E-state index contributed by atoms with van der Waals surface area (Å²) in [4.78, 5) is 2.39. The molecule has 19 heavy (non-hydrogen) atoms. The number of halogens is 1. The van der Waals surface area contributed by atoms with Crippen LogP contribution < -0.4 is 5.73 Å². The van der Waals surface area contributed by atoms with Crippen LogP contribution in [0.15, 0.2) is 18.2 Å². The first-order valence-electron chi connectivity index (χ1n) is 7.02. The molecule has 0 bridgehead atoms. The van der Waals surface area contributed by atoms with Crippen LogP contribution >= 0.6 is 0 Å². The molecule has 1 saturated heterocycles. The van der Waals surface area contributed by atoms with Gasteiger partial charge in [0.05, 0.1) is 0 Å². The Labute approximate surface area is 114 Å². The van der Waals surface area contributed by atoms with Gasteiger partial charge in [0.25, 0.3) is 0 Å². The van der Waals surface area contributed by atoms with Crippen LogP contribution in [0.4, 0.5) is 4.39 Å². The summed E-state index contributed by atoms with van der Waals surface area (Å²) in [5.41, 5.74) is 7.03. The summed E-state index contributed by atoms with van der Waals surface area (Å²) in [6, 6.07) is 4.57. The fraction of sp³-hybridized carbons (Fsp3) is 0.533. The van der Waals surface area contributed by atoms with E-state index in [2.05, 4.69) is 4.90 Å². The predicted molar refractivity (Wildman–Crippen MR) is 75.8 cm³/mol. The summed E-state index contributed by atoms with van der Waals surface area (Å²) in [6.07, 6.45) is 6.36. The number of rotatable bonds is 3. The number of nitrogens with two attached hydrogens (primary N) is 1. The van der Waals surface area contributed by atoms with Crippen molar-refractivity contribution in [2.75, 3.05) is 13.1 Å². The molecule has 1 aliphatic heterocycles. The van der Waals surface area contributed by atoms with Crippen molar-refractivity contribution in [1.82, 2.24) is 4.90 Å². The molecule has 1 fully saturated rings. The maximum atomic E-state index is 13.2. The third-order valence-electron chi connectivity index (χ3n) is 3.70. The molecule has 1 aromatic rings. The Morgan fingerprint density at radius 2 is 1.79 bits per heavy atom. The summed E-state index contributed by atoms with van der Waals surface area (Å²) >= 11 is 0. The molecule has 0 atom stereocenters. The number of nitrogens with zero attached hydrogens (tertiary/aromatic N) is 1. The molecule has 0 unspecified atom stereocenters. The van der Waals surface area contributed by atoms with Gasteiger partial charge in [-0.3, -0.25) is 10.3 Å². The fourth-order valence-electron chi connectivity index (χ4n) is 2.65. The van der Waals surface area contributed by atoms with Crippen molar-refractivity contribution in [1.29, 1.82) is 5.41 Å². The summed E-state index contributed by atoms with van der Waals surface area (Å²) < 4.78 is 13.2. The zero-order valence-electron chi connectivity index (χ0n) is 11.3. The van der Waals surface area contributed by atoms with Crippen LogP contribution in [0.2, 0.25) is 0 Å². The van der Waals surface area contributed by atoms with E-state index in [4.69, 9.17) is 11.1 Å². The highest BCUT2D eigenvalue weighted by Crippen LogP contribution is 2.17. The summed E-state index contributed by atoms with van der Waals surface area (Å²) in [5.74, 6) is -0.386. The van der Waals surface area contributed by atoms with Crippen LogP contribution in [0.5, 0.6) is 0 Å². The Bertz CT molecular complexity index is 437. The molecule has 4 heteroatoms. The third kappa shape index (κ3) is 4.03. The van der Waals surface area contributed by atoms with Crippen LogP contribution in [0.25, 0.3) is 0 Å². The number of nitrogen functional groups attached to an aromatic ring is 1. The predicted octanol–water partition coefficient (Wildman–Crippen LogP) is 2.88. The van der Waals surface area contributed by atoms with Gasteiger partial charge in [-0.1, -0.05) is 25.3 Å². The second-order valence-corrected chi connectivity index (χ2v) is 5.26. The molecule has 1 aromatic carbocycles. The lowest BCUT2D eigenvalue weighted by Crippen LogP contribution is -2.28. The van der Waals surface area contributed by atoms with E-state index < -0.39 is 0 Å². The van der Waals surface area contributed by atoms with E-state index in [-0.39, 0.29) is 11.7 Å². The lowest BCUT2D eigenvalue weighted by Gasteiger charge is -2.25. The van der Waals surface area contributed by atoms with E-state index in [0.29, 0.717) is 5.56 Å². The highest BCUT2D eigenvalue weighted by atomic mass is 19.1. The first kappa shape index (κ1) is 14.0. The standard InChI is InChI=1S/C15H22FN3/c16-13-7-6-12(14(10-13)15(17)18)11-19-8-4-2-1-3-5-9-19/h6-7,10H,1-5,8-9,11H2,(H3,17,18). The molecule has 0 spiro atoms. The lowest BCUT2D eigenvalue weighted by molar-refractivity contribution is 0.239. The molecule has 104 valence electrons. The van der Waals surface area contributed by atoms with Crippen molar-refractivity contribution in [2.45, 2.75) is 38.6 Å². The molecule has 3 nitrogen and oxygen atoms in total. The van der Waals surface area contributed by atoms with Gasteiger partial charge in [0.2, 0.25) is 0 Å². The molecular weight excluding hydrogens is 241 g/mol. The minimum absolute atomic E-state index is 0.0541. The molecule has 3 N–H and O–H groups in total. The maximum absolute atomic E-state index is 13.2. The average molecular weight is 263 g/mol. The highest BCUT2D eigenvalue weighted by Gasteiger charge is 2.13. The Balaban J connectivity index is 2.10. The molecule has 0 aliphatic carbocycles. The van der Waals surface area contributed by atoms with E-state index in [9.17, 15) is 4.39 Å². The van der Waals surface area contributed by atoms with Gasteiger partial charge in [0.15, 0.2) is 0 Å². The van der Waals surface area contributed by atoms with Crippen molar-refractivity contribution in [3.8, 4) is 0 Å². The van der Waals surface area contributed by atoms with Gasteiger partial charge < -0.3 is 5.73 Å². The van der Waals surface area contributed by atoms with E-state index in [1.54, 1.807) is 6.07 Å². The molecule has 0 amide bonds. The second kappa shape index (κ2) is 6.66. The first-order valence-corrected chi connectivity index (χ1v) is 7.02. The Morgan fingerprint density at radius 3 is 2.42 bits per heavy atom. The average Bonchev–Trinajstić information content (AvgIpc) is 2.34. The molecule has 1 aliphatic rings. The van der Waals surface area contributed by atoms with E-state index >= 15 is 0 Å². The number of nitrogens with one attached hydrogen (secondary N) is 1. The second-order valence-electron chi connectivity index (χ2n) is 5.26. The normalized spacial score (nSPS) is 17.7. The maximum Gasteiger partial charge on any atom is 0.123 e. The quantitative estimate of drug-likeness (QED) is 0.651. The van der Waals surface area contributed by atoms with Gasteiger partial charge in [0, 0.05) is 12.1 Å². The van der Waals surface area contributed by atoms with Gasteiger partial charge in [-0.15, -0.1) is 0 Å². The Hall–Kier alpha value is -1.42. The van der Waals surface area contributed by atoms with E-state index in [1.807, 2.05) is 0 Å². The summed E-state index contributed by atoms with van der Waals surface area (Å²) in [7, 11) is 0. The molecule has 2 rings (SSSR count). The Kier molecular flexibility index (Phi) is 4.91. The first-order chi connectivity index (χ1) is 9.16. The highest BCUT2D eigenvalue weighted by molar-refractivity contribution is 5.96. The zero-order valence-corrected chi connectivity index (χ0v) is 11.3. The van der Waals surface area contributed by atoms with Gasteiger partial charge in [-0.25, -0.2) is 4.39 Å². The van der Waals surface area contributed by atoms with Crippen molar-refractivity contribution in [3.05, 3.63) is 35.1 Å². The molecule has 0 aromatic heterocycles. The third-order valence-corrected chi connectivity index (χ3v) is 3.70. The largest absolute Gasteiger partial charge is 0.384 e. The van der Waals surface area contributed by atoms with Crippen LogP contribution in [-0.2, 0) is 6.54 Å². The van der Waals surface area contributed by atoms with E-state index in [1.165, 1.54) is 44.2 Å². The topological polar surface area (TPSA) is 53.1 Å². The summed E-state index contributed by atoms with van der Waals surface area (Å²) in [6.45, 7) is 2.92. The van der Waals surface area contributed by atoms with Gasteiger partial charge >= 0.3 is 0 Å². The fourth-order valence-corrected chi connectivity index (χ4v) is 2.65. The van der Waals surface area contributed by atoms with Crippen LogP contribution in [0.1, 0.15) is 43.2 Å². The van der Waals surface area contributed by atoms with E-state index in [0.717, 1.165) is 25.2 Å². The number of hydrogen-bond donors (Lipinski definition) is 2. The molecular formula is C15H22FN3. The summed E-state index contributed by atoms with van der Waals surface area (Å²) in [5, 5.41) is 7.56. The SMILES string of the molecule is N=C(N)c1cc(F)ccc1CN1CCCCCCC1. The van der Waals surface area contributed by atoms with Gasteiger partial charge in [-0.05, 0) is 43.6 Å². The minimum Gasteiger partial charge on any atom is -0.384 e. The van der Waals surface area contributed by atoms with Crippen LogP contribution in [0.3, 0.4) is 0 Å². The number of hydrogen-bond acceptors (Lipinski definition) is 2. The van der Waals surface area contributed by atoms with Crippen molar-refractivity contribution in [2.24, 2.45) is 5.73 Å². The zero-order chi connectivity index (χ0) is 13.7. The van der Waals surface area contributed by atoms with Crippen LogP contribution in [0, 0.1) is 11.2 Å². The van der Waals surface area contributed by atoms with Crippen LogP contribution in [-0.4, -0.2) is 23.8 Å². The number of benzene rings is 1. The molecule has 0 saturated carbocycles. The number of likely N-dealkylation sites (tertiary alicyclic amines) is 1. The van der Waals surface area contributed by atoms with Crippen molar-refractivity contribution >= 4 is 5.84 Å². The van der Waals surface area contributed by atoms with Gasteiger partial charge in [-0.2, -0.15) is 0 Å².